The molecule has 24 heavy (non-hydrogen) atoms. The zero-order chi connectivity index (χ0) is 17.5. The monoisotopic (exact) mass is 328 g/mol. The third-order valence-corrected chi connectivity index (χ3v) is 3.42. The van der Waals surface area contributed by atoms with Gasteiger partial charge in [-0.25, -0.2) is 9.97 Å². The number of hydrogen-bond donors (Lipinski definition) is 1. The fraction of sp³-hybridized carbons (Fsp3) is 0.389. The predicted molar refractivity (Wildman–Crippen MR) is 94.8 cm³/mol. The number of para-hydroxylation sites is 2. The lowest BCUT2D eigenvalue weighted by Crippen LogP contribution is -2.31. The van der Waals surface area contributed by atoms with Gasteiger partial charge in [0.2, 0.25) is 5.95 Å². The highest BCUT2D eigenvalue weighted by Crippen LogP contribution is 2.27. The molecule has 0 fully saturated rings. The molecule has 6 heteroatoms. The normalized spacial score (nSPS) is 10.5. The maximum atomic E-state index is 12.4. The molecule has 0 aliphatic rings. The zero-order valence-corrected chi connectivity index (χ0v) is 14.6. The Labute approximate surface area is 142 Å². The number of anilines is 2. The van der Waals surface area contributed by atoms with E-state index in [0.29, 0.717) is 24.7 Å². The Morgan fingerprint density at radius 3 is 2.58 bits per heavy atom. The fourth-order valence-corrected chi connectivity index (χ4v) is 2.26. The smallest absolute Gasteiger partial charge is 0.272 e. The molecule has 6 nitrogen and oxygen atoms in total. The van der Waals surface area contributed by atoms with E-state index in [1.807, 2.05) is 52.0 Å². The maximum absolute atomic E-state index is 12.4. The van der Waals surface area contributed by atoms with Crippen molar-refractivity contribution >= 4 is 17.5 Å². The number of rotatable bonds is 7. The minimum Gasteiger partial charge on any atom is -0.489 e. The first-order chi connectivity index (χ1) is 11.5. The average Bonchev–Trinajstić information content (AvgIpc) is 2.57. The lowest BCUT2D eigenvalue weighted by atomic mass is 10.3. The van der Waals surface area contributed by atoms with Crippen molar-refractivity contribution in [1.29, 1.82) is 0 Å². The van der Waals surface area contributed by atoms with E-state index >= 15 is 0 Å². The molecular weight excluding hydrogens is 304 g/mol. The molecule has 0 bridgehead atoms. The van der Waals surface area contributed by atoms with Crippen LogP contribution in [0.15, 0.2) is 36.5 Å². The van der Waals surface area contributed by atoms with Crippen LogP contribution in [0, 0.1) is 0 Å². The summed E-state index contributed by atoms with van der Waals surface area (Å²) in [6.07, 6.45) is 1.64. The number of carbonyl (C=O) groups excluding carboxylic acids is 1. The van der Waals surface area contributed by atoms with E-state index in [-0.39, 0.29) is 12.0 Å². The Kier molecular flexibility index (Phi) is 6.12. The summed E-state index contributed by atoms with van der Waals surface area (Å²) in [5.74, 6) is 0.988. The van der Waals surface area contributed by atoms with E-state index in [1.165, 1.54) is 0 Å². The fourth-order valence-electron chi connectivity index (χ4n) is 2.26. The molecule has 0 saturated carbocycles. The molecule has 0 aliphatic heterocycles. The van der Waals surface area contributed by atoms with Gasteiger partial charge in [0.05, 0.1) is 11.8 Å². The van der Waals surface area contributed by atoms with Crippen LogP contribution in [-0.2, 0) is 0 Å². The quantitative estimate of drug-likeness (QED) is 0.842. The first-order valence-corrected chi connectivity index (χ1v) is 8.20. The molecule has 2 rings (SSSR count). The molecule has 1 aromatic carbocycles. The summed E-state index contributed by atoms with van der Waals surface area (Å²) in [5, 5.41) is 3.13. The number of nitrogens with one attached hydrogen (secondary N) is 1. The number of ether oxygens (including phenoxy) is 1. The molecule has 0 unspecified atom stereocenters. The Morgan fingerprint density at radius 2 is 1.92 bits per heavy atom. The minimum absolute atomic E-state index is 0.0597. The summed E-state index contributed by atoms with van der Waals surface area (Å²) in [7, 11) is 0. The standard InChI is InChI=1S/C18H24N4O2/c1-5-22(6-2)17(23)15-11-12-19-18(21-15)20-14-9-7-8-10-16(14)24-13(3)4/h7-13H,5-6H2,1-4H3,(H,19,20,21). The van der Waals surface area contributed by atoms with Crippen molar-refractivity contribution in [2.75, 3.05) is 18.4 Å². The molecule has 1 amide bonds. The van der Waals surface area contributed by atoms with Crippen molar-refractivity contribution in [3.05, 3.63) is 42.2 Å². The third-order valence-electron chi connectivity index (χ3n) is 3.42. The molecule has 128 valence electrons. The summed E-state index contributed by atoms with van der Waals surface area (Å²) in [6.45, 7) is 9.12. The van der Waals surface area contributed by atoms with E-state index in [2.05, 4.69) is 15.3 Å². The van der Waals surface area contributed by atoms with Crippen molar-refractivity contribution in [3.63, 3.8) is 0 Å². The van der Waals surface area contributed by atoms with Crippen LogP contribution in [0.1, 0.15) is 38.2 Å². The molecule has 2 aromatic rings. The van der Waals surface area contributed by atoms with Crippen LogP contribution in [0.3, 0.4) is 0 Å². The number of carbonyl (C=O) groups is 1. The molecular formula is C18H24N4O2. The van der Waals surface area contributed by atoms with E-state index in [4.69, 9.17) is 4.74 Å². The first-order valence-electron chi connectivity index (χ1n) is 8.20. The lowest BCUT2D eigenvalue weighted by Gasteiger charge is -2.18. The topological polar surface area (TPSA) is 67.4 Å². The Balaban J connectivity index is 2.23. The number of amides is 1. The maximum Gasteiger partial charge on any atom is 0.272 e. The summed E-state index contributed by atoms with van der Waals surface area (Å²) >= 11 is 0. The highest BCUT2D eigenvalue weighted by Gasteiger charge is 2.15. The van der Waals surface area contributed by atoms with Crippen molar-refractivity contribution in [2.45, 2.75) is 33.8 Å². The largest absolute Gasteiger partial charge is 0.489 e. The number of hydrogen-bond acceptors (Lipinski definition) is 5. The van der Waals surface area contributed by atoms with Crippen LogP contribution in [-0.4, -0.2) is 40.0 Å². The average molecular weight is 328 g/mol. The number of aromatic nitrogens is 2. The SMILES string of the molecule is CCN(CC)C(=O)c1ccnc(Nc2ccccc2OC(C)C)n1. The second-order valence-electron chi connectivity index (χ2n) is 5.53. The summed E-state index contributed by atoms with van der Waals surface area (Å²) < 4.78 is 5.78. The molecule has 0 radical (unpaired) electrons. The Hall–Kier alpha value is -2.63. The van der Waals surface area contributed by atoms with Gasteiger partial charge in [0.25, 0.3) is 5.91 Å². The van der Waals surface area contributed by atoms with Crippen LogP contribution in [0.2, 0.25) is 0 Å². The highest BCUT2D eigenvalue weighted by molar-refractivity contribution is 5.92. The van der Waals surface area contributed by atoms with E-state index < -0.39 is 0 Å². The summed E-state index contributed by atoms with van der Waals surface area (Å²) in [5.41, 5.74) is 1.14. The second kappa shape index (κ2) is 8.29. The van der Waals surface area contributed by atoms with E-state index in [0.717, 1.165) is 11.4 Å². The Morgan fingerprint density at radius 1 is 1.21 bits per heavy atom. The number of nitrogens with zero attached hydrogens (tertiary/aromatic N) is 3. The second-order valence-corrected chi connectivity index (χ2v) is 5.53. The first kappa shape index (κ1) is 17.7. The van der Waals surface area contributed by atoms with Gasteiger partial charge in [-0.3, -0.25) is 4.79 Å². The van der Waals surface area contributed by atoms with Gasteiger partial charge in [0.15, 0.2) is 0 Å². The minimum atomic E-state index is -0.0998. The molecule has 0 spiro atoms. The molecule has 0 atom stereocenters. The van der Waals surface area contributed by atoms with Crippen molar-refractivity contribution in [2.24, 2.45) is 0 Å². The summed E-state index contributed by atoms with van der Waals surface area (Å²) in [6, 6.07) is 9.21. The van der Waals surface area contributed by atoms with Crippen LogP contribution in [0.5, 0.6) is 5.75 Å². The van der Waals surface area contributed by atoms with Gasteiger partial charge in [-0.2, -0.15) is 0 Å². The molecule has 1 heterocycles. The highest BCUT2D eigenvalue weighted by atomic mass is 16.5. The third kappa shape index (κ3) is 4.44. The van der Waals surface area contributed by atoms with Gasteiger partial charge in [-0.05, 0) is 45.9 Å². The van der Waals surface area contributed by atoms with Crippen LogP contribution in [0.25, 0.3) is 0 Å². The van der Waals surface area contributed by atoms with Gasteiger partial charge in [-0.1, -0.05) is 12.1 Å². The van der Waals surface area contributed by atoms with Gasteiger partial charge in [0.1, 0.15) is 11.4 Å². The van der Waals surface area contributed by atoms with E-state index in [9.17, 15) is 4.79 Å². The molecule has 0 aliphatic carbocycles. The van der Waals surface area contributed by atoms with Crippen LogP contribution in [0.4, 0.5) is 11.6 Å². The predicted octanol–water partition coefficient (Wildman–Crippen LogP) is 3.49. The van der Waals surface area contributed by atoms with Gasteiger partial charge in [0, 0.05) is 19.3 Å². The van der Waals surface area contributed by atoms with Crippen molar-refractivity contribution in [1.82, 2.24) is 14.9 Å². The van der Waals surface area contributed by atoms with Crippen molar-refractivity contribution in [3.8, 4) is 5.75 Å². The lowest BCUT2D eigenvalue weighted by molar-refractivity contribution is 0.0767. The molecule has 1 aromatic heterocycles. The van der Waals surface area contributed by atoms with Gasteiger partial charge >= 0.3 is 0 Å². The number of benzene rings is 1. The molecule has 1 N–H and O–H groups in total. The zero-order valence-electron chi connectivity index (χ0n) is 14.6. The van der Waals surface area contributed by atoms with Crippen LogP contribution >= 0.6 is 0 Å². The summed E-state index contributed by atoms with van der Waals surface area (Å²) in [4.78, 5) is 22.7. The Bertz CT molecular complexity index is 684. The van der Waals surface area contributed by atoms with Gasteiger partial charge < -0.3 is 15.0 Å². The van der Waals surface area contributed by atoms with Gasteiger partial charge in [-0.15, -0.1) is 0 Å². The van der Waals surface area contributed by atoms with E-state index in [1.54, 1.807) is 17.2 Å². The van der Waals surface area contributed by atoms with Crippen molar-refractivity contribution < 1.29 is 9.53 Å². The molecule has 0 saturated heterocycles. The van der Waals surface area contributed by atoms with Crippen LogP contribution < -0.4 is 10.1 Å².